The van der Waals surface area contributed by atoms with Gasteiger partial charge in [-0.25, -0.2) is 0 Å². The molecule has 5 heteroatoms. The minimum atomic E-state index is -0.264. The van der Waals surface area contributed by atoms with Crippen LogP contribution in [0.5, 0.6) is 0 Å². The van der Waals surface area contributed by atoms with Gasteiger partial charge in [0.2, 0.25) is 0 Å². The molecule has 0 saturated carbocycles. The van der Waals surface area contributed by atoms with Crippen LogP contribution in [-0.2, 0) is 26.6 Å². The third-order valence-corrected chi connectivity index (χ3v) is 1.32. The molecule has 0 N–H and O–H groups in total. The van der Waals surface area contributed by atoms with Crippen molar-refractivity contribution in [3.8, 4) is 0 Å². The molecule has 0 unspecified atom stereocenters. The van der Waals surface area contributed by atoms with Gasteiger partial charge in [-0.3, -0.25) is 6.29 Å². The van der Waals surface area contributed by atoms with Crippen LogP contribution < -0.4 is 0 Å². The molecule has 0 amide bonds. The molecule has 1 aromatic heterocycles. The second-order valence-electron chi connectivity index (χ2n) is 3.84. The van der Waals surface area contributed by atoms with Gasteiger partial charge in [0.25, 0.3) is 0 Å². The van der Waals surface area contributed by atoms with E-state index in [1.54, 1.807) is 12.3 Å². The van der Waals surface area contributed by atoms with Gasteiger partial charge in [0.05, 0.1) is 0 Å². The number of nitrogens with zero attached hydrogens (tertiary/aromatic N) is 1. The standard InChI is InChI=1S/C6H5ClN.C5H9O.O.Zn/c1-5-2-3-6(7)8-4-5;1-5(2,3)4-6;;/h2-4H,1H2;1-3H3;;/q2*-1;;. The molecular weight excluding hydrogens is 279 g/mol. The Morgan fingerprint density at radius 2 is 1.81 bits per heavy atom. The number of aromatic nitrogens is 1. The van der Waals surface area contributed by atoms with E-state index in [1.807, 2.05) is 33.1 Å². The van der Waals surface area contributed by atoms with E-state index >= 15 is 0 Å². The fraction of sp³-hybridized carbons (Fsp3) is 0.364. The Labute approximate surface area is 112 Å². The topological polar surface area (TPSA) is 47.0 Å². The Balaban J connectivity index is 0. The van der Waals surface area contributed by atoms with E-state index in [4.69, 9.17) is 15.2 Å². The van der Waals surface area contributed by atoms with Gasteiger partial charge in [0, 0.05) is 0 Å². The SMILES string of the molecule is CC(C)(C)[C-]=O.[CH2-]c1ccc(Cl)nc1.[O]=[Zn]. The summed E-state index contributed by atoms with van der Waals surface area (Å²) in [6.07, 6.45) is 3.48. The summed E-state index contributed by atoms with van der Waals surface area (Å²) in [5.41, 5.74) is 0.620. The molecule has 0 atom stereocenters. The summed E-state index contributed by atoms with van der Waals surface area (Å²) in [6, 6.07) is 3.53. The molecule has 0 saturated heterocycles. The third-order valence-electron chi connectivity index (χ3n) is 1.09. The van der Waals surface area contributed by atoms with Crippen LogP contribution in [0.25, 0.3) is 0 Å². The number of pyridine rings is 1. The molecule has 1 heterocycles. The summed E-state index contributed by atoms with van der Waals surface area (Å²) in [5, 5.41) is 0.511. The van der Waals surface area contributed by atoms with Crippen molar-refractivity contribution in [2.24, 2.45) is 5.41 Å². The molecule has 3 nitrogen and oxygen atoms in total. The van der Waals surface area contributed by atoms with Crippen molar-refractivity contribution in [2.45, 2.75) is 20.8 Å². The van der Waals surface area contributed by atoms with Gasteiger partial charge in [-0.1, -0.05) is 44.6 Å². The van der Waals surface area contributed by atoms with Gasteiger partial charge in [0.1, 0.15) is 5.15 Å². The molecule has 0 aromatic carbocycles. The molecule has 0 spiro atoms. The second-order valence-corrected chi connectivity index (χ2v) is 4.23. The number of carbonyl (C=O) groups excluding carboxylic acids is 1. The molecule has 1 aromatic rings. The fourth-order valence-corrected chi connectivity index (χ4v) is 0.518. The van der Waals surface area contributed by atoms with Crippen molar-refractivity contribution in [3.05, 3.63) is 36.0 Å². The summed E-state index contributed by atoms with van der Waals surface area (Å²) in [7, 11) is 0. The molecule has 0 bridgehead atoms. The van der Waals surface area contributed by atoms with E-state index in [1.165, 1.54) is 0 Å². The van der Waals surface area contributed by atoms with Gasteiger partial charge in [-0.05, 0) is 0 Å². The van der Waals surface area contributed by atoms with E-state index in [0.29, 0.717) is 5.15 Å². The number of rotatable bonds is 0. The molecule has 0 aliphatic rings. The van der Waals surface area contributed by atoms with Gasteiger partial charge >= 0.3 is 21.8 Å². The van der Waals surface area contributed by atoms with Crippen LogP contribution in [0.1, 0.15) is 26.3 Å². The molecular formula is C11H14ClNO2Zn-2. The van der Waals surface area contributed by atoms with Crippen LogP contribution >= 0.6 is 11.6 Å². The molecule has 0 aliphatic heterocycles. The van der Waals surface area contributed by atoms with E-state index in [9.17, 15) is 4.79 Å². The first kappa shape index (κ1) is 17.8. The number of hydrogen-bond acceptors (Lipinski definition) is 3. The predicted molar refractivity (Wildman–Crippen MR) is 59.5 cm³/mol. The number of hydrogen-bond donors (Lipinski definition) is 0. The first-order valence-electron chi connectivity index (χ1n) is 4.47. The first-order valence-corrected chi connectivity index (χ1v) is 6.06. The van der Waals surface area contributed by atoms with E-state index < -0.39 is 0 Å². The van der Waals surface area contributed by atoms with Crippen LogP contribution in [-0.4, -0.2) is 11.3 Å². The summed E-state index contributed by atoms with van der Waals surface area (Å²) >= 11 is 5.60. The molecule has 0 fully saturated rings. The maximum atomic E-state index is 9.70. The molecule has 0 radical (unpaired) electrons. The van der Waals surface area contributed by atoms with Crippen molar-refractivity contribution in [1.82, 2.24) is 4.98 Å². The Morgan fingerprint density at radius 1 is 1.38 bits per heavy atom. The second kappa shape index (κ2) is 9.62. The number of halogens is 1. The zero-order valence-electron chi connectivity index (χ0n) is 9.79. The molecule has 86 valence electrons. The first-order chi connectivity index (χ1) is 7.35. The van der Waals surface area contributed by atoms with E-state index in [2.05, 4.69) is 11.9 Å². The Bertz CT molecular complexity index is 275. The van der Waals surface area contributed by atoms with E-state index in [-0.39, 0.29) is 23.7 Å². The molecule has 0 aliphatic carbocycles. The monoisotopic (exact) mass is 291 g/mol. The van der Waals surface area contributed by atoms with Crippen molar-refractivity contribution in [1.29, 1.82) is 0 Å². The predicted octanol–water partition coefficient (Wildman–Crippen LogP) is 2.94. The van der Waals surface area contributed by atoms with Crippen LogP contribution in [0.3, 0.4) is 0 Å². The average molecular weight is 293 g/mol. The molecule has 16 heavy (non-hydrogen) atoms. The Hall–Kier alpha value is -0.597. The maximum absolute atomic E-state index is 9.70. The third kappa shape index (κ3) is 13.4. The van der Waals surface area contributed by atoms with Gasteiger partial charge in [-0.2, -0.15) is 18.6 Å². The van der Waals surface area contributed by atoms with Gasteiger partial charge < -0.3 is 9.78 Å². The fourth-order valence-electron chi connectivity index (χ4n) is 0.406. The van der Waals surface area contributed by atoms with Gasteiger partial charge in [0.15, 0.2) is 0 Å². The van der Waals surface area contributed by atoms with Crippen LogP contribution in [0.2, 0.25) is 5.15 Å². The van der Waals surface area contributed by atoms with Crippen LogP contribution in [0.15, 0.2) is 18.3 Å². The summed E-state index contributed by atoms with van der Waals surface area (Å²) in [4.78, 5) is 13.5. The minimum absolute atomic E-state index is 0.125. The van der Waals surface area contributed by atoms with Crippen LogP contribution in [0.4, 0.5) is 0 Å². The average Bonchev–Trinajstić information content (AvgIpc) is 2.25. The Morgan fingerprint density at radius 3 is 2.00 bits per heavy atom. The normalized spacial score (nSPS) is 9.12. The summed E-state index contributed by atoms with van der Waals surface area (Å²) in [5.74, 6) is 0. The van der Waals surface area contributed by atoms with Crippen molar-refractivity contribution < 1.29 is 26.6 Å². The Kier molecular flexibility index (Phi) is 10.7. The zero-order valence-corrected chi connectivity index (χ0v) is 13.5. The van der Waals surface area contributed by atoms with Crippen molar-refractivity contribution in [2.75, 3.05) is 0 Å². The summed E-state index contributed by atoms with van der Waals surface area (Å²) < 4.78 is 8.38. The van der Waals surface area contributed by atoms with Crippen molar-refractivity contribution >= 4 is 17.9 Å². The molecule has 1 rings (SSSR count). The van der Waals surface area contributed by atoms with E-state index in [0.717, 1.165) is 5.56 Å². The van der Waals surface area contributed by atoms with Crippen LogP contribution in [0, 0.1) is 12.3 Å². The van der Waals surface area contributed by atoms with Crippen molar-refractivity contribution in [3.63, 3.8) is 0 Å². The quantitative estimate of drug-likeness (QED) is 0.420. The van der Waals surface area contributed by atoms with Gasteiger partial charge in [-0.15, -0.1) is 5.41 Å². The zero-order chi connectivity index (χ0) is 13.2. The summed E-state index contributed by atoms with van der Waals surface area (Å²) in [6.45, 7) is 9.10.